The van der Waals surface area contributed by atoms with E-state index in [0.717, 1.165) is 4.57 Å². The van der Waals surface area contributed by atoms with Crippen molar-refractivity contribution >= 4 is 40.0 Å². The zero-order valence-corrected chi connectivity index (χ0v) is 22.4. The summed E-state index contributed by atoms with van der Waals surface area (Å²) in [7, 11) is 0. The second-order valence-corrected chi connectivity index (χ2v) is 9.48. The monoisotopic (exact) mass is 584 g/mol. The Balaban J connectivity index is 1.88. The van der Waals surface area contributed by atoms with Crippen molar-refractivity contribution in [3.63, 3.8) is 0 Å². The van der Waals surface area contributed by atoms with Crippen LogP contribution in [0.3, 0.4) is 0 Å². The molecular weight excluding hydrogens is 560 g/mol. The molecule has 0 saturated heterocycles. The summed E-state index contributed by atoms with van der Waals surface area (Å²) in [5.74, 6) is -11.5. The third-order valence-electron chi connectivity index (χ3n) is 5.79. The number of carbonyl (C=O) groups excluding carboxylic acids is 3. The van der Waals surface area contributed by atoms with E-state index < -0.39 is 83.5 Å². The highest BCUT2D eigenvalue weighted by atomic mass is 35.5. The van der Waals surface area contributed by atoms with Gasteiger partial charge in [-0.2, -0.15) is 8.78 Å². The molecule has 0 saturated carbocycles. The first-order valence-electron chi connectivity index (χ1n) is 12.1. The molecule has 0 aliphatic carbocycles. The second kappa shape index (κ2) is 12.9. The summed E-state index contributed by atoms with van der Waals surface area (Å²) >= 11 is 6.01. The Labute approximate surface area is 230 Å². The molecule has 3 aromatic rings. The lowest BCUT2D eigenvalue weighted by Crippen LogP contribution is -2.48. The lowest BCUT2D eigenvalue weighted by atomic mass is 10.1. The van der Waals surface area contributed by atoms with Crippen LogP contribution >= 0.6 is 11.6 Å². The zero-order valence-electron chi connectivity index (χ0n) is 21.6. The minimum atomic E-state index is -1.87. The minimum absolute atomic E-state index is 0.0299. The van der Waals surface area contributed by atoms with Crippen LogP contribution in [0.15, 0.2) is 41.3 Å². The number of hydrogen-bond donors (Lipinski definition) is 1. The molecular formula is C27H25ClF4N2O6. The van der Waals surface area contributed by atoms with Gasteiger partial charge in [0.25, 0.3) is 5.56 Å². The lowest BCUT2D eigenvalue weighted by Gasteiger charge is -2.23. The van der Waals surface area contributed by atoms with Crippen LogP contribution in [0.2, 0.25) is 5.02 Å². The van der Waals surface area contributed by atoms with E-state index in [1.165, 1.54) is 12.3 Å². The van der Waals surface area contributed by atoms with Crippen LogP contribution < -0.4 is 15.6 Å². The van der Waals surface area contributed by atoms with Gasteiger partial charge in [0.2, 0.25) is 17.5 Å². The molecule has 40 heavy (non-hydrogen) atoms. The van der Waals surface area contributed by atoms with Crippen LogP contribution in [0.1, 0.15) is 39.7 Å². The average molecular weight is 585 g/mol. The van der Waals surface area contributed by atoms with Gasteiger partial charge in [0.1, 0.15) is 18.7 Å². The van der Waals surface area contributed by atoms with Crippen LogP contribution in [0.25, 0.3) is 10.8 Å². The van der Waals surface area contributed by atoms with Gasteiger partial charge < -0.3 is 19.4 Å². The van der Waals surface area contributed by atoms with Crippen LogP contribution in [-0.4, -0.2) is 41.0 Å². The summed E-state index contributed by atoms with van der Waals surface area (Å²) in [6.45, 7) is 3.54. The van der Waals surface area contributed by atoms with E-state index in [0.29, 0.717) is 10.4 Å². The molecule has 2 unspecified atom stereocenters. The smallest absolute Gasteiger partial charge is 0.308 e. The number of pyridine rings is 1. The van der Waals surface area contributed by atoms with Crippen LogP contribution in [0, 0.1) is 23.3 Å². The maximum atomic E-state index is 14.0. The topological polar surface area (TPSA) is 104 Å². The van der Waals surface area contributed by atoms with E-state index in [-0.39, 0.29) is 17.9 Å². The number of aromatic nitrogens is 1. The molecule has 1 amide bonds. The first-order valence-corrected chi connectivity index (χ1v) is 12.5. The number of nitrogens with one attached hydrogen (secondary N) is 1. The van der Waals surface area contributed by atoms with Gasteiger partial charge in [-0.05, 0) is 43.9 Å². The summed E-state index contributed by atoms with van der Waals surface area (Å²) in [5.41, 5.74) is -0.536. The molecule has 0 spiro atoms. The van der Waals surface area contributed by atoms with Crippen molar-refractivity contribution in [3.8, 4) is 5.75 Å². The Morgan fingerprint density at radius 3 is 2.27 bits per heavy atom. The number of ether oxygens (including phenoxy) is 2. The first-order chi connectivity index (χ1) is 18.8. The number of rotatable bonds is 11. The van der Waals surface area contributed by atoms with Crippen LogP contribution in [0.5, 0.6) is 5.75 Å². The summed E-state index contributed by atoms with van der Waals surface area (Å²) in [6, 6.07) is 3.47. The fourth-order valence-corrected chi connectivity index (χ4v) is 4.07. The quantitative estimate of drug-likeness (QED) is 0.200. The van der Waals surface area contributed by atoms with Crippen molar-refractivity contribution in [3.05, 3.63) is 75.2 Å². The molecule has 0 radical (unpaired) electrons. The SMILES string of the molecule is CCC(C(=O)NC(CC(=O)OC(C)C)C(=O)COc1c(F)c(F)cc(F)c1F)n1ccc2ccc(Cl)cc2c1=O. The highest BCUT2D eigenvalue weighted by molar-refractivity contribution is 6.31. The van der Waals surface area contributed by atoms with Crippen LogP contribution in [-0.2, 0) is 19.1 Å². The van der Waals surface area contributed by atoms with Crippen molar-refractivity contribution in [2.24, 2.45) is 0 Å². The molecule has 2 aromatic carbocycles. The molecule has 13 heteroatoms. The molecule has 0 bridgehead atoms. The van der Waals surface area contributed by atoms with Crippen molar-refractivity contribution in [2.75, 3.05) is 6.61 Å². The predicted octanol–water partition coefficient (Wildman–Crippen LogP) is 4.64. The number of halogens is 5. The number of amides is 1. The average Bonchev–Trinajstić information content (AvgIpc) is 2.88. The van der Waals surface area contributed by atoms with Crippen molar-refractivity contribution in [1.82, 2.24) is 9.88 Å². The third kappa shape index (κ3) is 6.98. The fourth-order valence-electron chi connectivity index (χ4n) is 3.89. The van der Waals surface area contributed by atoms with E-state index in [2.05, 4.69) is 5.32 Å². The molecule has 2 atom stereocenters. The van der Waals surface area contributed by atoms with Crippen molar-refractivity contribution in [2.45, 2.75) is 51.8 Å². The third-order valence-corrected chi connectivity index (χ3v) is 6.03. The Kier molecular flexibility index (Phi) is 9.91. The molecule has 0 fully saturated rings. The van der Waals surface area contributed by atoms with Gasteiger partial charge in [0.05, 0.1) is 12.5 Å². The minimum Gasteiger partial charge on any atom is -0.479 e. The predicted molar refractivity (Wildman–Crippen MR) is 137 cm³/mol. The van der Waals surface area contributed by atoms with Crippen molar-refractivity contribution < 1.29 is 41.4 Å². The molecule has 8 nitrogen and oxygen atoms in total. The lowest BCUT2D eigenvalue weighted by molar-refractivity contribution is -0.149. The summed E-state index contributed by atoms with van der Waals surface area (Å²) in [6.07, 6.45) is 0.210. The van der Waals surface area contributed by atoms with Gasteiger partial charge in [0, 0.05) is 22.7 Å². The van der Waals surface area contributed by atoms with Gasteiger partial charge in [-0.3, -0.25) is 19.2 Å². The van der Waals surface area contributed by atoms with Gasteiger partial charge in [-0.25, -0.2) is 8.78 Å². The normalized spacial score (nSPS) is 12.7. The summed E-state index contributed by atoms with van der Waals surface area (Å²) in [5, 5.41) is 3.48. The maximum absolute atomic E-state index is 14.0. The van der Waals surface area contributed by atoms with Gasteiger partial charge in [-0.1, -0.05) is 24.6 Å². The fraction of sp³-hybridized carbons (Fsp3) is 0.333. The number of ketones is 1. The van der Waals surface area contributed by atoms with Gasteiger partial charge in [0.15, 0.2) is 23.2 Å². The van der Waals surface area contributed by atoms with E-state index in [9.17, 15) is 36.7 Å². The van der Waals surface area contributed by atoms with Gasteiger partial charge >= 0.3 is 5.97 Å². The number of Topliss-reactive ketones (excluding diaryl/α,β-unsaturated/α-hetero) is 1. The van der Waals surface area contributed by atoms with E-state index in [4.69, 9.17) is 21.1 Å². The van der Waals surface area contributed by atoms with E-state index >= 15 is 0 Å². The standard InChI is InChI=1S/C27H25ClF4N2O6/c1-4-20(34-8-7-14-5-6-15(28)9-16(14)27(34)38)26(37)33-19(11-22(36)40-13(2)3)21(35)12-39-25-23(31)17(29)10-18(30)24(25)32/h5-10,13,19-20H,4,11-12H2,1-3H3,(H,33,37). The largest absolute Gasteiger partial charge is 0.479 e. The molecule has 1 heterocycles. The Morgan fingerprint density at radius 1 is 1.02 bits per heavy atom. The van der Waals surface area contributed by atoms with E-state index in [1.807, 2.05) is 0 Å². The number of fused-ring (bicyclic) bond motifs is 1. The summed E-state index contributed by atoms with van der Waals surface area (Å²) < 4.78 is 65.8. The maximum Gasteiger partial charge on any atom is 0.308 e. The highest BCUT2D eigenvalue weighted by Gasteiger charge is 2.30. The molecule has 1 aromatic heterocycles. The first kappa shape index (κ1) is 30.6. The Bertz CT molecular complexity index is 1480. The molecule has 1 N–H and O–H groups in total. The molecule has 3 rings (SSSR count). The van der Waals surface area contributed by atoms with Gasteiger partial charge in [-0.15, -0.1) is 0 Å². The molecule has 214 valence electrons. The highest BCUT2D eigenvalue weighted by Crippen LogP contribution is 2.26. The number of hydrogen-bond acceptors (Lipinski definition) is 6. The number of nitrogens with zero attached hydrogens (tertiary/aromatic N) is 1. The molecule has 0 aliphatic rings. The van der Waals surface area contributed by atoms with Crippen LogP contribution in [0.4, 0.5) is 17.6 Å². The van der Waals surface area contributed by atoms with Crippen molar-refractivity contribution in [1.29, 1.82) is 0 Å². The zero-order chi connectivity index (χ0) is 29.7. The molecule has 0 aliphatic heterocycles. The number of esters is 1. The number of carbonyl (C=O) groups is 3. The second-order valence-electron chi connectivity index (χ2n) is 9.04. The summed E-state index contributed by atoms with van der Waals surface area (Å²) in [4.78, 5) is 51.6. The van der Waals surface area contributed by atoms with E-state index in [1.54, 1.807) is 39.0 Å². The Hall–Kier alpha value is -3.93. The Morgan fingerprint density at radius 2 is 1.68 bits per heavy atom. The number of benzene rings is 2.